The zero-order valence-electron chi connectivity index (χ0n) is 30.0. The molecule has 4 aromatic rings. The quantitative estimate of drug-likeness (QED) is 0.144. The van der Waals surface area contributed by atoms with Gasteiger partial charge in [0.15, 0.2) is 5.65 Å². The van der Waals surface area contributed by atoms with Gasteiger partial charge in [-0.2, -0.15) is 13.2 Å². The van der Waals surface area contributed by atoms with Crippen LogP contribution < -0.4 is 9.80 Å². The van der Waals surface area contributed by atoms with Crippen LogP contribution in [0.1, 0.15) is 75.0 Å². The average Bonchev–Trinajstić information content (AvgIpc) is 3.89. The summed E-state index contributed by atoms with van der Waals surface area (Å²) in [6.45, 7) is 5.63. The van der Waals surface area contributed by atoms with Gasteiger partial charge in [-0.05, 0) is 75.0 Å². The lowest BCUT2D eigenvalue weighted by molar-refractivity contribution is -0.139. The highest BCUT2D eigenvalue weighted by molar-refractivity contribution is 5.91. The minimum absolute atomic E-state index is 0.0307. The highest BCUT2D eigenvalue weighted by atomic mass is 19.4. The molecule has 1 aliphatic heterocycles. The van der Waals surface area contributed by atoms with Gasteiger partial charge in [-0.1, -0.05) is 19.3 Å². The Labute approximate surface area is 302 Å². The number of imidazole rings is 1. The Morgan fingerprint density at radius 1 is 1.04 bits per heavy atom. The summed E-state index contributed by atoms with van der Waals surface area (Å²) < 4.78 is 48.5. The van der Waals surface area contributed by atoms with Gasteiger partial charge in [0, 0.05) is 87.6 Å². The number of carbonyl (C=O) groups is 1. The van der Waals surface area contributed by atoms with Crippen LogP contribution >= 0.6 is 0 Å². The first kappa shape index (κ1) is 36.1. The number of hydrogen-bond acceptors (Lipinski definition) is 8. The summed E-state index contributed by atoms with van der Waals surface area (Å²) in [5, 5.41) is 8.94. The molecule has 3 aromatic heterocycles. The number of aromatic nitrogens is 4. The smallest absolute Gasteiger partial charge is 0.418 e. The van der Waals surface area contributed by atoms with Crippen LogP contribution in [-0.2, 0) is 15.7 Å². The first-order chi connectivity index (χ1) is 25.0. The summed E-state index contributed by atoms with van der Waals surface area (Å²) in [6, 6.07) is 11.3. The largest absolute Gasteiger partial charge is 0.481 e. The Bertz CT molecular complexity index is 1860. The molecule has 4 heterocycles. The SMILES string of the molecule is COCC1(CN(C)c2cc(-c3cnc(C4CC4)c(C(F)(F)F)c3)nc3nc(-c4ccc(N5CCN(CCCC(=O)O)CC5)cc4)[nH]c23)CCCCC1. The molecule has 3 fully saturated rings. The first-order valence-corrected chi connectivity index (χ1v) is 18.5. The lowest BCUT2D eigenvalue weighted by atomic mass is 9.74. The zero-order valence-corrected chi connectivity index (χ0v) is 30.0. The molecule has 2 N–H and O–H groups in total. The van der Waals surface area contributed by atoms with E-state index in [0.29, 0.717) is 35.8 Å². The van der Waals surface area contributed by atoms with E-state index in [2.05, 4.69) is 36.8 Å². The van der Waals surface area contributed by atoms with Crippen LogP contribution in [0.5, 0.6) is 0 Å². The number of hydrogen-bond donors (Lipinski definition) is 2. The molecule has 0 atom stereocenters. The number of anilines is 2. The van der Waals surface area contributed by atoms with Crippen molar-refractivity contribution in [2.45, 2.75) is 69.9 Å². The van der Waals surface area contributed by atoms with E-state index in [1.54, 1.807) is 7.11 Å². The molecule has 2 saturated carbocycles. The molecule has 2 aliphatic carbocycles. The Kier molecular flexibility index (Phi) is 10.4. The molecule has 0 bridgehead atoms. The van der Waals surface area contributed by atoms with Crippen molar-refractivity contribution in [2.24, 2.45) is 5.41 Å². The highest BCUT2D eigenvalue weighted by Gasteiger charge is 2.40. The van der Waals surface area contributed by atoms with Crippen molar-refractivity contribution >= 4 is 28.5 Å². The molecule has 278 valence electrons. The Morgan fingerprint density at radius 3 is 2.42 bits per heavy atom. The summed E-state index contributed by atoms with van der Waals surface area (Å²) in [4.78, 5) is 35.3. The number of pyridine rings is 2. The van der Waals surface area contributed by atoms with Crippen LogP contribution in [-0.4, -0.2) is 95.9 Å². The lowest BCUT2D eigenvalue weighted by Gasteiger charge is -2.40. The number of halogens is 3. The number of carboxylic acids is 1. The Balaban J connectivity index is 1.19. The number of piperazine rings is 1. The molecular weight excluding hydrogens is 671 g/mol. The second kappa shape index (κ2) is 15.0. The molecule has 0 radical (unpaired) electrons. The van der Waals surface area contributed by atoms with Crippen LogP contribution in [0.3, 0.4) is 0 Å². The van der Waals surface area contributed by atoms with E-state index in [9.17, 15) is 18.0 Å². The Hall–Kier alpha value is -4.23. The van der Waals surface area contributed by atoms with Gasteiger partial charge in [-0.3, -0.25) is 14.7 Å². The maximum atomic E-state index is 14.3. The van der Waals surface area contributed by atoms with Crippen LogP contribution in [0.15, 0.2) is 42.6 Å². The Morgan fingerprint density at radius 2 is 1.77 bits per heavy atom. The van der Waals surface area contributed by atoms with Crippen LogP contribution in [0.25, 0.3) is 33.8 Å². The minimum atomic E-state index is -4.51. The number of aromatic amines is 1. The minimum Gasteiger partial charge on any atom is -0.481 e. The number of H-pyrrole nitrogens is 1. The van der Waals surface area contributed by atoms with Crippen LogP contribution in [0.2, 0.25) is 0 Å². The van der Waals surface area contributed by atoms with E-state index in [0.717, 1.165) is 100 Å². The molecule has 7 rings (SSSR count). The summed E-state index contributed by atoms with van der Waals surface area (Å²) in [5.41, 5.74) is 4.07. The van der Waals surface area contributed by atoms with Crippen LogP contribution in [0, 0.1) is 5.41 Å². The normalized spacial score (nSPS) is 18.2. The molecular formula is C39H48F3N7O3. The molecule has 10 nitrogen and oxygen atoms in total. The van der Waals surface area contributed by atoms with Crippen LogP contribution in [0.4, 0.5) is 24.5 Å². The van der Waals surface area contributed by atoms with Crippen molar-refractivity contribution in [1.29, 1.82) is 0 Å². The number of fused-ring (bicyclic) bond motifs is 1. The fraction of sp³-hybridized carbons (Fsp3) is 0.538. The van der Waals surface area contributed by atoms with E-state index >= 15 is 0 Å². The number of alkyl halides is 3. The van der Waals surface area contributed by atoms with Gasteiger partial charge in [0.2, 0.25) is 0 Å². The molecule has 13 heteroatoms. The molecule has 52 heavy (non-hydrogen) atoms. The summed E-state index contributed by atoms with van der Waals surface area (Å²) in [6.07, 6.45) is 4.89. The third-order valence-corrected chi connectivity index (χ3v) is 11.0. The maximum absolute atomic E-state index is 14.3. The number of nitrogens with one attached hydrogen (secondary N) is 1. The zero-order chi connectivity index (χ0) is 36.5. The fourth-order valence-electron chi connectivity index (χ4n) is 8.14. The number of nitrogens with zero attached hydrogens (tertiary/aromatic N) is 6. The molecule has 1 aromatic carbocycles. The van der Waals surface area contributed by atoms with Crippen molar-refractivity contribution in [3.05, 3.63) is 53.9 Å². The number of aliphatic carboxylic acids is 1. The predicted octanol–water partition coefficient (Wildman–Crippen LogP) is 7.60. The maximum Gasteiger partial charge on any atom is 0.418 e. The number of carboxylic acid groups (broad SMARTS) is 1. The van der Waals surface area contributed by atoms with Crippen molar-refractivity contribution < 1.29 is 27.8 Å². The summed E-state index contributed by atoms with van der Waals surface area (Å²) >= 11 is 0. The van der Waals surface area contributed by atoms with Crippen molar-refractivity contribution in [3.63, 3.8) is 0 Å². The molecule has 0 amide bonds. The third-order valence-electron chi connectivity index (χ3n) is 11.0. The summed E-state index contributed by atoms with van der Waals surface area (Å²) in [5.74, 6) is -0.269. The van der Waals surface area contributed by atoms with Crippen molar-refractivity contribution in [2.75, 3.05) is 69.8 Å². The molecule has 1 saturated heterocycles. The molecule has 0 spiro atoms. The molecule has 0 unspecified atom stereocenters. The van der Waals surface area contributed by atoms with Gasteiger partial charge in [-0.25, -0.2) is 9.97 Å². The topological polar surface area (TPSA) is 111 Å². The second-order valence-corrected chi connectivity index (χ2v) is 15.0. The first-order valence-electron chi connectivity index (χ1n) is 18.5. The van der Waals surface area contributed by atoms with Gasteiger partial charge in [-0.15, -0.1) is 0 Å². The number of methoxy groups -OCH3 is 1. The van der Waals surface area contributed by atoms with Gasteiger partial charge >= 0.3 is 12.1 Å². The van der Waals surface area contributed by atoms with Crippen molar-refractivity contribution in [3.8, 4) is 22.6 Å². The monoisotopic (exact) mass is 719 g/mol. The fourth-order valence-corrected chi connectivity index (χ4v) is 8.14. The number of rotatable bonds is 13. The van der Waals surface area contributed by atoms with Gasteiger partial charge in [0.05, 0.1) is 29.2 Å². The van der Waals surface area contributed by atoms with E-state index in [1.165, 1.54) is 18.7 Å². The van der Waals surface area contributed by atoms with Gasteiger partial charge in [0.25, 0.3) is 0 Å². The highest BCUT2D eigenvalue weighted by Crippen LogP contribution is 2.46. The number of ether oxygens (including phenoxy) is 1. The van der Waals surface area contributed by atoms with Gasteiger partial charge in [0.1, 0.15) is 11.3 Å². The van der Waals surface area contributed by atoms with E-state index < -0.39 is 17.7 Å². The lowest BCUT2D eigenvalue weighted by Crippen LogP contribution is -2.46. The third kappa shape index (κ3) is 8.05. The molecule has 3 aliphatic rings. The van der Waals surface area contributed by atoms with Gasteiger partial charge < -0.3 is 24.6 Å². The van der Waals surface area contributed by atoms with E-state index in [4.69, 9.17) is 19.8 Å². The standard InChI is InChI=1S/C39H48F3N7O3/c1-47(24-38(25-52-2)14-4-3-5-15-38)32-22-31(28-21-30(39(40,41)42)34(43-23-28)26-8-9-26)44-37-35(32)45-36(46-37)27-10-12-29(13-11-27)49-19-17-48(18-20-49)16-6-7-33(50)51/h10-13,21-23,26H,3-9,14-20,24-25H2,1-2H3,(H,50,51)(H,44,45,46). The second-order valence-electron chi connectivity index (χ2n) is 15.0. The summed E-state index contributed by atoms with van der Waals surface area (Å²) in [7, 11) is 3.77. The average molecular weight is 720 g/mol. The van der Waals surface area contributed by atoms with E-state index in [1.807, 2.05) is 25.2 Å². The predicted molar refractivity (Wildman–Crippen MR) is 196 cm³/mol. The van der Waals surface area contributed by atoms with Crippen molar-refractivity contribution in [1.82, 2.24) is 24.8 Å². The van der Waals surface area contributed by atoms with E-state index in [-0.39, 0.29) is 23.4 Å². The number of benzene rings is 1.